The normalized spacial score (nSPS) is 25.8. The van der Waals surface area contributed by atoms with Gasteiger partial charge in [0.1, 0.15) is 5.78 Å². The third-order valence-corrected chi connectivity index (χ3v) is 4.79. The zero-order valence-electron chi connectivity index (χ0n) is 12.7. The SMILES string of the molecule is CSCCN(C)CC1CC(C(C)(C)C)CCC1=O. The maximum Gasteiger partial charge on any atom is 0.137 e. The van der Waals surface area contributed by atoms with Crippen molar-refractivity contribution in [3.63, 3.8) is 0 Å². The van der Waals surface area contributed by atoms with E-state index in [1.807, 2.05) is 11.8 Å². The van der Waals surface area contributed by atoms with E-state index in [0.717, 1.165) is 38.1 Å². The summed E-state index contributed by atoms with van der Waals surface area (Å²) >= 11 is 1.87. The van der Waals surface area contributed by atoms with Crippen LogP contribution in [0.4, 0.5) is 0 Å². The van der Waals surface area contributed by atoms with Crippen molar-refractivity contribution in [2.24, 2.45) is 17.3 Å². The molecule has 0 radical (unpaired) electrons. The number of thioether (sulfide) groups is 1. The highest BCUT2D eigenvalue weighted by molar-refractivity contribution is 7.98. The summed E-state index contributed by atoms with van der Waals surface area (Å²) in [6.45, 7) is 8.96. The first-order chi connectivity index (χ1) is 8.34. The Bertz CT molecular complexity index is 272. The lowest BCUT2D eigenvalue weighted by Crippen LogP contribution is -2.38. The van der Waals surface area contributed by atoms with E-state index in [9.17, 15) is 4.79 Å². The zero-order valence-corrected chi connectivity index (χ0v) is 13.5. The molecule has 1 saturated carbocycles. The number of hydrogen-bond acceptors (Lipinski definition) is 3. The highest BCUT2D eigenvalue weighted by Crippen LogP contribution is 2.39. The molecule has 0 saturated heterocycles. The van der Waals surface area contributed by atoms with E-state index in [4.69, 9.17) is 0 Å². The molecule has 1 rings (SSSR count). The number of ketones is 1. The number of Topliss-reactive ketones (excluding diaryl/α,β-unsaturated/α-hetero) is 1. The molecular weight excluding hydrogens is 242 g/mol. The third-order valence-electron chi connectivity index (χ3n) is 4.20. The van der Waals surface area contributed by atoms with Crippen LogP contribution in [-0.2, 0) is 4.79 Å². The Labute approximate surface area is 117 Å². The molecule has 3 heteroatoms. The van der Waals surface area contributed by atoms with Gasteiger partial charge in [-0.1, -0.05) is 20.8 Å². The van der Waals surface area contributed by atoms with Crippen molar-refractivity contribution < 1.29 is 4.79 Å². The predicted octanol–water partition coefficient (Wildman–Crippen LogP) is 3.31. The second kappa shape index (κ2) is 6.95. The summed E-state index contributed by atoms with van der Waals surface area (Å²) in [5, 5.41) is 0. The van der Waals surface area contributed by atoms with Gasteiger partial charge < -0.3 is 4.90 Å². The standard InChI is InChI=1S/C15H29NOS/c1-15(2,3)13-6-7-14(17)12(10-13)11-16(4)8-9-18-5/h12-13H,6-11H2,1-5H3. The Hall–Kier alpha value is -0.0200. The Balaban J connectivity index is 2.49. The summed E-state index contributed by atoms with van der Waals surface area (Å²) in [5.41, 5.74) is 0.344. The van der Waals surface area contributed by atoms with Gasteiger partial charge >= 0.3 is 0 Å². The molecule has 2 unspecified atom stereocenters. The van der Waals surface area contributed by atoms with Crippen LogP contribution in [0.15, 0.2) is 0 Å². The minimum absolute atomic E-state index is 0.273. The summed E-state index contributed by atoms with van der Waals surface area (Å²) in [4.78, 5) is 14.4. The first-order valence-corrected chi connectivity index (χ1v) is 8.44. The van der Waals surface area contributed by atoms with Crippen LogP contribution in [0.5, 0.6) is 0 Å². The van der Waals surface area contributed by atoms with E-state index in [-0.39, 0.29) is 5.92 Å². The molecule has 1 aliphatic carbocycles. The van der Waals surface area contributed by atoms with Gasteiger partial charge in [0.05, 0.1) is 0 Å². The Morgan fingerprint density at radius 3 is 2.61 bits per heavy atom. The fourth-order valence-electron chi connectivity index (χ4n) is 2.79. The van der Waals surface area contributed by atoms with Crippen molar-refractivity contribution in [1.29, 1.82) is 0 Å². The van der Waals surface area contributed by atoms with Crippen LogP contribution >= 0.6 is 11.8 Å². The molecule has 0 amide bonds. The first kappa shape index (κ1) is 16.0. The highest BCUT2D eigenvalue weighted by atomic mass is 32.2. The van der Waals surface area contributed by atoms with E-state index in [0.29, 0.717) is 17.1 Å². The Kier molecular flexibility index (Phi) is 6.19. The lowest BCUT2D eigenvalue weighted by molar-refractivity contribution is -0.127. The van der Waals surface area contributed by atoms with Gasteiger partial charge in [-0.05, 0) is 37.5 Å². The van der Waals surface area contributed by atoms with Crippen LogP contribution in [0.2, 0.25) is 0 Å². The molecule has 106 valence electrons. The molecule has 2 nitrogen and oxygen atoms in total. The number of rotatable bonds is 5. The van der Waals surface area contributed by atoms with Crippen LogP contribution < -0.4 is 0 Å². The van der Waals surface area contributed by atoms with Gasteiger partial charge in [-0.3, -0.25) is 4.79 Å². The van der Waals surface area contributed by atoms with Crippen molar-refractivity contribution >= 4 is 17.5 Å². The van der Waals surface area contributed by atoms with Gasteiger partial charge in [-0.2, -0.15) is 11.8 Å². The van der Waals surface area contributed by atoms with Gasteiger partial charge in [-0.25, -0.2) is 0 Å². The topological polar surface area (TPSA) is 20.3 Å². The molecule has 1 fully saturated rings. The summed E-state index contributed by atoms with van der Waals surface area (Å²) in [7, 11) is 2.14. The first-order valence-electron chi connectivity index (χ1n) is 7.04. The smallest absolute Gasteiger partial charge is 0.137 e. The maximum atomic E-state index is 12.0. The predicted molar refractivity (Wildman–Crippen MR) is 81.2 cm³/mol. The minimum Gasteiger partial charge on any atom is -0.305 e. The van der Waals surface area contributed by atoms with Crippen molar-refractivity contribution in [2.45, 2.75) is 40.0 Å². The van der Waals surface area contributed by atoms with Crippen LogP contribution in [-0.4, -0.2) is 42.8 Å². The number of carbonyl (C=O) groups is 1. The Morgan fingerprint density at radius 1 is 1.39 bits per heavy atom. The molecule has 1 aliphatic rings. The quantitative estimate of drug-likeness (QED) is 0.765. The maximum absolute atomic E-state index is 12.0. The van der Waals surface area contributed by atoms with E-state index in [1.165, 1.54) is 0 Å². The average molecular weight is 271 g/mol. The molecule has 0 aromatic carbocycles. The number of hydrogen-bond donors (Lipinski definition) is 0. The van der Waals surface area contributed by atoms with E-state index >= 15 is 0 Å². The number of nitrogens with zero attached hydrogens (tertiary/aromatic N) is 1. The highest BCUT2D eigenvalue weighted by Gasteiger charge is 2.35. The average Bonchev–Trinajstić information content (AvgIpc) is 2.28. The van der Waals surface area contributed by atoms with Gasteiger partial charge in [0.25, 0.3) is 0 Å². The molecule has 0 aliphatic heterocycles. The van der Waals surface area contributed by atoms with E-state index in [1.54, 1.807) is 0 Å². The van der Waals surface area contributed by atoms with Gasteiger partial charge in [-0.15, -0.1) is 0 Å². The van der Waals surface area contributed by atoms with Crippen LogP contribution in [0.25, 0.3) is 0 Å². The van der Waals surface area contributed by atoms with Gasteiger partial charge in [0.2, 0.25) is 0 Å². The summed E-state index contributed by atoms with van der Waals surface area (Å²) < 4.78 is 0. The summed E-state index contributed by atoms with van der Waals surface area (Å²) in [6, 6.07) is 0. The molecule has 0 aromatic rings. The molecule has 18 heavy (non-hydrogen) atoms. The van der Waals surface area contributed by atoms with Gasteiger partial charge in [0.15, 0.2) is 0 Å². The van der Waals surface area contributed by atoms with Crippen LogP contribution in [0.3, 0.4) is 0 Å². The number of carbonyl (C=O) groups excluding carboxylic acids is 1. The fourth-order valence-corrected chi connectivity index (χ4v) is 3.29. The van der Waals surface area contributed by atoms with Crippen LogP contribution in [0.1, 0.15) is 40.0 Å². The van der Waals surface area contributed by atoms with Crippen molar-refractivity contribution in [1.82, 2.24) is 4.90 Å². The second-order valence-corrected chi connectivity index (χ2v) is 7.74. The minimum atomic E-state index is 0.273. The van der Waals surface area contributed by atoms with Crippen LogP contribution in [0, 0.1) is 17.3 Å². The zero-order chi connectivity index (χ0) is 13.8. The molecule has 0 heterocycles. The van der Waals surface area contributed by atoms with Crippen molar-refractivity contribution in [3.05, 3.63) is 0 Å². The largest absolute Gasteiger partial charge is 0.305 e. The third kappa shape index (κ3) is 4.93. The molecule has 0 aromatic heterocycles. The molecule has 0 spiro atoms. The lowest BCUT2D eigenvalue weighted by Gasteiger charge is -2.38. The monoisotopic (exact) mass is 271 g/mol. The fraction of sp³-hybridized carbons (Fsp3) is 0.933. The lowest BCUT2D eigenvalue weighted by atomic mass is 9.68. The molecule has 2 atom stereocenters. The van der Waals surface area contributed by atoms with E-state index < -0.39 is 0 Å². The van der Waals surface area contributed by atoms with Crippen molar-refractivity contribution in [3.8, 4) is 0 Å². The van der Waals surface area contributed by atoms with Crippen molar-refractivity contribution in [2.75, 3.05) is 32.1 Å². The summed E-state index contributed by atoms with van der Waals surface area (Å²) in [5.74, 6) is 2.62. The summed E-state index contributed by atoms with van der Waals surface area (Å²) in [6.07, 6.45) is 5.11. The van der Waals surface area contributed by atoms with Gasteiger partial charge in [0, 0.05) is 31.2 Å². The van der Waals surface area contributed by atoms with E-state index in [2.05, 4.69) is 39.0 Å². The molecule has 0 bridgehead atoms. The second-order valence-electron chi connectivity index (χ2n) is 6.76. The molecule has 0 N–H and O–H groups in total. The molecular formula is C15H29NOS. The Morgan fingerprint density at radius 2 is 2.06 bits per heavy atom.